The SMILES string of the molecule is CC1(C)CO[C@@H](c2ccccc2)CN1c1nccn2c(C3CC3)nnc12. The summed E-state index contributed by atoms with van der Waals surface area (Å²) in [4.78, 5) is 7.02. The van der Waals surface area contributed by atoms with Crippen LogP contribution < -0.4 is 4.90 Å². The maximum absolute atomic E-state index is 6.18. The van der Waals surface area contributed by atoms with Gasteiger partial charge in [0, 0.05) is 18.3 Å². The van der Waals surface area contributed by atoms with Gasteiger partial charge in [-0.15, -0.1) is 10.2 Å². The van der Waals surface area contributed by atoms with Crippen LogP contribution in [0, 0.1) is 0 Å². The number of hydrogen-bond donors (Lipinski definition) is 0. The molecule has 0 N–H and O–H groups in total. The van der Waals surface area contributed by atoms with E-state index in [1.807, 2.05) is 18.5 Å². The standard InChI is InChI=1S/C20H23N5O/c1-20(2)13-26-16(14-6-4-3-5-7-14)12-25(20)18-19-23-22-17(15-8-9-15)24(19)11-10-21-18/h3-7,10-11,15-16H,8-9,12-13H2,1-2H3/t16-/m1/s1. The lowest BCUT2D eigenvalue weighted by Gasteiger charge is -2.46. The summed E-state index contributed by atoms with van der Waals surface area (Å²) in [5.41, 5.74) is 1.88. The highest BCUT2D eigenvalue weighted by Crippen LogP contribution is 2.40. The van der Waals surface area contributed by atoms with Crippen LogP contribution in [0.2, 0.25) is 0 Å². The maximum Gasteiger partial charge on any atom is 0.203 e. The van der Waals surface area contributed by atoms with Gasteiger partial charge in [0.05, 0.1) is 18.7 Å². The van der Waals surface area contributed by atoms with Crippen LogP contribution >= 0.6 is 0 Å². The number of rotatable bonds is 3. The molecule has 1 saturated carbocycles. The normalized spacial score (nSPS) is 22.7. The summed E-state index contributed by atoms with van der Waals surface area (Å²) in [6.07, 6.45) is 6.28. The first-order valence-electron chi connectivity index (χ1n) is 9.27. The second-order valence-corrected chi connectivity index (χ2v) is 7.91. The number of hydrogen-bond acceptors (Lipinski definition) is 5. The zero-order valence-corrected chi connectivity index (χ0v) is 15.2. The summed E-state index contributed by atoms with van der Waals surface area (Å²) in [6, 6.07) is 10.4. The lowest BCUT2D eigenvalue weighted by molar-refractivity contribution is -0.00510. The zero-order chi connectivity index (χ0) is 17.7. The van der Waals surface area contributed by atoms with E-state index >= 15 is 0 Å². The maximum atomic E-state index is 6.18. The Balaban J connectivity index is 1.55. The molecule has 6 nitrogen and oxygen atoms in total. The molecule has 3 aromatic rings. The molecule has 1 aliphatic carbocycles. The summed E-state index contributed by atoms with van der Waals surface area (Å²) >= 11 is 0. The van der Waals surface area contributed by atoms with Gasteiger partial charge < -0.3 is 9.64 Å². The minimum Gasteiger partial charge on any atom is -0.369 e. The number of benzene rings is 1. The highest BCUT2D eigenvalue weighted by Gasteiger charge is 2.38. The van der Waals surface area contributed by atoms with Crippen LogP contribution in [-0.4, -0.2) is 38.3 Å². The Kier molecular flexibility index (Phi) is 3.50. The smallest absolute Gasteiger partial charge is 0.203 e. The number of ether oxygens (including phenoxy) is 1. The van der Waals surface area contributed by atoms with Crippen LogP contribution in [0.25, 0.3) is 5.65 Å². The summed E-state index contributed by atoms with van der Waals surface area (Å²) in [7, 11) is 0. The number of morpholine rings is 1. The van der Waals surface area contributed by atoms with Gasteiger partial charge in [0.1, 0.15) is 11.9 Å². The Bertz CT molecular complexity index is 932. The number of nitrogens with zero attached hydrogens (tertiary/aromatic N) is 5. The Morgan fingerprint density at radius 3 is 2.69 bits per heavy atom. The fourth-order valence-corrected chi connectivity index (χ4v) is 3.73. The van der Waals surface area contributed by atoms with Crippen LogP contribution in [0.15, 0.2) is 42.7 Å². The molecule has 1 aliphatic heterocycles. The molecule has 1 saturated heterocycles. The molecule has 0 unspecified atom stereocenters. The van der Waals surface area contributed by atoms with Crippen molar-refractivity contribution in [2.24, 2.45) is 0 Å². The predicted molar refractivity (Wildman–Crippen MR) is 99.3 cm³/mol. The van der Waals surface area contributed by atoms with Gasteiger partial charge in [-0.05, 0) is 32.3 Å². The first kappa shape index (κ1) is 15.8. The van der Waals surface area contributed by atoms with Crippen molar-refractivity contribution >= 4 is 11.5 Å². The Hall–Kier alpha value is -2.47. The molecule has 5 rings (SSSR count). The second kappa shape index (κ2) is 5.77. The summed E-state index contributed by atoms with van der Waals surface area (Å²) < 4.78 is 8.30. The number of anilines is 1. The summed E-state index contributed by atoms with van der Waals surface area (Å²) in [5.74, 6) is 2.51. The van der Waals surface area contributed by atoms with Gasteiger partial charge in [-0.25, -0.2) is 4.98 Å². The third kappa shape index (κ3) is 2.56. The van der Waals surface area contributed by atoms with Crippen molar-refractivity contribution in [2.45, 2.75) is 44.2 Å². The van der Waals surface area contributed by atoms with E-state index in [-0.39, 0.29) is 11.6 Å². The van der Waals surface area contributed by atoms with Gasteiger partial charge in [-0.1, -0.05) is 30.3 Å². The number of fused-ring (bicyclic) bond motifs is 1. The van der Waals surface area contributed by atoms with E-state index in [9.17, 15) is 0 Å². The average Bonchev–Trinajstić information content (AvgIpc) is 3.41. The molecule has 2 aliphatic rings. The first-order chi connectivity index (χ1) is 12.6. The highest BCUT2D eigenvalue weighted by atomic mass is 16.5. The molecule has 2 fully saturated rings. The predicted octanol–water partition coefficient (Wildman–Crippen LogP) is 3.36. The Labute approximate surface area is 152 Å². The molecule has 3 heterocycles. The second-order valence-electron chi connectivity index (χ2n) is 7.91. The molecule has 0 bridgehead atoms. The van der Waals surface area contributed by atoms with Crippen molar-refractivity contribution in [2.75, 3.05) is 18.1 Å². The largest absolute Gasteiger partial charge is 0.369 e. The van der Waals surface area contributed by atoms with E-state index in [2.05, 4.69) is 57.6 Å². The van der Waals surface area contributed by atoms with E-state index in [4.69, 9.17) is 9.72 Å². The monoisotopic (exact) mass is 349 g/mol. The molecular weight excluding hydrogens is 326 g/mol. The van der Waals surface area contributed by atoms with Crippen LogP contribution in [0.3, 0.4) is 0 Å². The fraction of sp³-hybridized carbons (Fsp3) is 0.450. The van der Waals surface area contributed by atoms with E-state index in [0.717, 1.165) is 23.8 Å². The van der Waals surface area contributed by atoms with E-state index in [1.54, 1.807) is 0 Å². The van der Waals surface area contributed by atoms with Gasteiger partial charge >= 0.3 is 0 Å². The lowest BCUT2D eigenvalue weighted by Crippen LogP contribution is -2.54. The molecule has 134 valence electrons. The fourth-order valence-electron chi connectivity index (χ4n) is 3.73. The molecule has 0 spiro atoms. The minimum atomic E-state index is -0.161. The zero-order valence-electron chi connectivity index (χ0n) is 15.2. The minimum absolute atomic E-state index is 0.0251. The van der Waals surface area contributed by atoms with Crippen molar-refractivity contribution in [1.29, 1.82) is 0 Å². The summed E-state index contributed by atoms with van der Waals surface area (Å²) in [6.45, 7) is 5.77. The van der Waals surface area contributed by atoms with Gasteiger partial charge in [-0.2, -0.15) is 0 Å². The third-order valence-electron chi connectivity index (χ3n) is 5.42. The van der Waals surface area contributed by atoms with Crippen molar-refractivity contribution in [3.05, 3.63) is 54.1 Å². The molecule has 6 heteroatoms. The Morgan fingerprint density at radius 1 is 1.12 bits per heavy atom. The van der Waals surface area contributed by atoms with Crippen molar-refractivity contribution in [3.8, 4) is 0 Å². The molecule has 1 atom stereocenters. The van der Waals surface area contributed by atoms with Crippen molar-refractivity contribution in [3.63, 3.8) is 0 Å². The lowest BCUT2D eigenvalue weighted by atomic mass is 9.98. The van der Waals surface area contributed by atoms with Crippen molar-refractivity contribution in [1.82, 2.24) is 19.6 Å². The van der Waals surface area contributed by atoms with Gasteiger partial charge in [0.2, 0.25) is 5.65 Å². The average molecular weight is 349 g/mol. The van der Waals surface area contributed by atoms with E-state index < -0.39 is 0 Å². The first-order valence-corrected chi connectivity index (χ1v) is 9.27. The quantitative estimate of drug-likeness (QED) is 0.726. The molecule has 0 radical (unpaired) electrons. The molecule has 26 heavy (non-hydrogen) atoms. The van der Waals surface area contributed by atoms with Gasteiger partial charge in [0.15, 0.2) is 5.82 Å². The molecule has 2 aromatic heterocycles. The van der Waals surface area contributed by atoms with Gasteiger partial charge in [-0.3, -0.25) is 4.40 Å². The molecule has 1 aromatic carbocycles. The van der Waals surface area contributed by atoms with Crippen LogP contribution in [0.4, 0.5) is 5.82 Å². The molecular formula is C20H23N5O. The van der Waals surface area contributed by atoms with Crippen LogP contribution in [0.1, 0.15) is 50.1 Å². The third-order valence-corrected chi connectivity index (χ3v) is 5.42. The Morgan fingerprint density at radius 2 is 1.92 bits per heavy atom. The van der Waals surface area contributed by atoms with Crippen LogP contribution in [-0.2, 0) is 4.74 Å². The van der Waals surface area contributed by atoms with Crippen molar-refractivity contribution < 1.29 is 4.74 Å². The van der Waals surface area contributed by atoms with Crippen LogP contribution in [0.5, 0.6) is 0 Å². The van der Waals surface area contributed by atoms with Gasteiger partial charge in [0.25, 0.3) is 0 Å². The topological polar surface area (TPSA) is 55.5 Å². The van der Waals surface area contributed by atoms with E-state index in [0.29, 0.717) is 12.5 Å². The summed E-state index contributed by atoms with van der Waals surface area (Å²) in [5, 5.41) is 8.94. The molecule has 0 amide bonds. The van der Waals surface area contributed by atoms with E-state index in [1.165, 1.54) is 18.4 Å². The number of aromatic nitrogens is 4. The highest BCUT2D eigenvalue weighted by molar-refractivity contribution is 5.65.